The molecule has 0 spiro atoms. The lowest BCUT2D eigenvalue weighted by atomic mass is 10.0. The summed E-state index contributed by atoms with van der Waals surface area (Å²) in [7, 11) is 0. The van der Waals surface area contributed by atoms with Crippen molar-refractivity contribution in [3.05, 3.63) is 42.0 Å². The van der Waals surface area contributed by atoms with Crippen LogP contribution in [0.3, 0.4) is 0 Å². The van der Waals surface area contributed by atoms with E-state index in [4.69, 9.17) is 0 Å². The van der Waals surface area contributed by atoms with Gasteiger partial charge >= 0.3 is 0 Å². The van der Waals surface area contributed by atoms with Gasteiger partial charge in [0, 0.05) is 13.5 Å². The van der Waals surface area contributed by atoms with Crippen LogP contribution in [0.15, 0.2) is 36.4 Å². The van der Waals surface area contributed by atoms with Gasteiger partial charge in [0.15, 0.2) is 0 Å². The molecule has 0 heterocycles. The van der Waals surface area contributed by atoms with Gasteiger partial charge in [0.2, 0.25) is 11.8 Å². The fraction of sp³-hybridized carbons (Fsp3) is 0.250. The quantitative estimate of drug-likeness (QED) is 0.776. The SMILES string of the molecule is CC(=O)NCC(=O)NCCc1ccc2cc(O)ccc2c1. The van der Waals surface area contributed by atoms with Crippen molar-refractivity contribution in [3.8, 4) is 5.75 Å². The Bertz CT molecular complexity index is 668. The lowest BCUT2D eigenvalue weighted by Gasteiger charge is -2.07. The number of aromatic hydroxyl groups is 1. The van der Waals surface area contributed by atoms with E-state index in [-0.39, 0.29) is 24.1 Å². The fourth-order valence-corrected chi connectivity index (χ4v) is 2.05. The zero-order valence-electron chi connectivity index (χ0n) is 11.8. The fourth-order valence-electron chi connectivity index (χ4n) is 2.05. The summed E-state index contributed by atoms with van der Waals surface area (Å²) in [5.41, 5.74) is 1.10. The first-order valence-corrected chi connectivity index (χ1v) is 6.77. The Morgan fingerprint density at radius 2 is 1.76 bits per heavy atom. The molecule has 0 saturated heterocycles. The van der Waals surface area contributed by atoms with E-state index in [0.717, 1.165) is 16.3 Å². The molecule has 0 radical (unpaired) electrons. The summed E-state index contributed by atoms with van der Waals surface area (Å²) in [6, 6.07) is 11.2. The number of hydrogen-bond donors (Lipinski definition) is 3. The molecule has 0 atom stereocenters. The molecule has 21 heavy (non-hydrogen) atoms. The molecule has 5 heteroatoms. The second-order valence-electron chi connectivity index (χ2n) is 4.88. The molecule has 0 aliphatic carbocycles. The molecule has 0 bridgehead atoms. The monoisotopic (exact) mass is 286 g/mol. The van der Waals surface area contributed by atoms with Crippen molar-refractivity contribution in [2.75, 3.05) is 13.1 Å². The van der Waals surface area contributed by atoms with Crippen LogP contribution in [0.2, 0.25) is 0 Å². The van der Waals surface area contributed by atoms with Crippen LogP contribution < -0.4 is 10.6 Å². The number of fused-ring (bicyclic) bond motifs is 1. The molecule has 110 valence electrons. The lowest BCUT2D eigenvalue weighted by molar-refractivity contribution is -0.125. The van der Waals surface area contributed by atoms with Crippen molar-refractivity contribution in [3.63, 3.8) is 0 Å². The number of rotatable bonds is 5. The number of phenols is 1. The van der Waals surface area contributed by atoms with E-state index < -0.39 is 0 Å². The second-order valence-corrected chi connectivity index (χ2v) is 4.88. The van der Waals surface area contributed by atoms with Gasteiger partial charge < -0.3 is 15.7 Å². The van der Waals surface area contributed by atoms with Gasteiger partial charge in [-0.05, 0) is 34.9 Å². The van der Waals surface area contributed by atoms with Crippen LogP contribution >= 0.6 is 0 Å². The Balaban J connectivity index is 1.87. The van der Waals surface area contributed by atoms with Crippen molar-refractivity contribution >= 4 is 22.6 Å². The summed E-state index contributed by atoms with van der Waals surface area (Å²) >= 11 is 0. The summed E-state index contributed by atoms with van der Waals surface area (Å²) in [5.74, 6) is -0.167. The van der Waals surface area contributed by atoms with Crippen LogP contribution in [0, 0.1) is 0 Å². The first kappa shape index (κ1) is 14.8. The molecular formula is C16H18N2O3. The van der Waals surface area contributed by atoms with Gasteiger partial charge in [-0.1, -0.05) is 24.3 Å². The van der Waals surface area contributed by atoms with Crippen LogP contribution in [0.4, 0.5) is 0 Å². The van der Waals surface area contributed by atoms with Crippen molar-refractivity contribution < 1.29 is 14.7 Å². The zero-order chi connectivity index (χ0) is 15.2. The Hall–Kier alpha value is -2.56. The molecule has 0 fully saturated rings. The van der Waals surface area contributed by atoms with Crippen LogP contribution in [-0.4, -0.2) is 30.0 Å². The van der Waals surface area contributed by atoms with E-state index in [9.17, 15) is 14.7 Å². The highest BCUT2D eigenvalue weighted by molar-refractivity contribution is 5.85. The Labute approximate surface area is 123 Å². The van der Waals surface area contributed by atoms with E-state index in [1.165, 1.54) is 6.92 Å². The first-order chi connectivity index (χ1) is 10.0. The highest BCUT2D eigenvalue weighted by Gasteiger charge is 2.02. The van der Waals surface area contributed by atoms with Gasteiger partial charge in [-0.2, -0.15) is 0 Å². The van der Waals surface area contributed by atoms with Gasteiger partial charge in [-0.15, -0.1) is 0 Å². The normalized spacial score (nSPS) is 10.3. The van der Waals surface area contributed by atoms with Gasteiger partial charge in [0.25, 0.3) is 0 Å². The molecule has 2 aromatic carbocycles. The molecule has 0 unspecified atom stereocenters. The average molecular weight is 286 g/mol. The molecule has 3 N–H and O–H groups in total. The maximum atomic E-state index is 11.4. The lowest BCUT2D eigenvalue weighted by Crippen LogP contribution is -2.36. The molecular weight excluding hydrogens is 268 g/mol. The third kappa shape index (κ3) is 4.49. The number of amides is 2. The Morgan fingerprint density at radius 3 is 2.52 bits per heavy atom. The summed E-state index contributed by atoms with van der Waals surface area (Å²) in [6.45, 7) is 1.90. The second kappa shape index (κ2) is 6.74. The first-order valence-electron chi connectivity index (χ1n) is 6.77. The average Bonchev–Trinajstić information content (AvgIpc) is 2.45. The number of benzene rings is 2. The van der Waals surface area contributed by atoms with Crippen molar-refractivity contribution in [1.82, 2.24) is 10.6 Å². The maximum absolute atomic E-state index is 11.4. The molecule has 0 aliphatic rings. The van der Waals surface area contributed by atoms with E-state index in [1.54, 1.807) is 12.1 Å². The van der Waals surface area contributed by atoms with Crippen LogP contribution in [0.25, 0.3) is 10.8 Å². The number of carbonyl (C=O) groups excluding carboxylic acids is 2. The summed E-state index contributed by atoms with van der Waals surface area (Å²) in [6.07, 6.45) is 0.711. The van der Waals surface area contributed by atoms with Gasteiger partial charge in [0.05, 0.1) is 6.54 Å². The number of nitrogens with one attached hydrogen (secondary N) is 2. The van der Waals surface area contributed by atoms with E-state index in [1.807, 2.05) is 24.3 Å². The van der Waals surface area contributed by atoms with Crippen molar-refractivity contribution in [2.24, 2.45) is 0 Å². The van der Waals surface area contributed by atoms with E-state index in [0.29, 0.717) is 13.0 Å². The minimum atomic E-state index is -0.220. The zero-order valence-corrected chi connectivity index (χ0v) is 11.8. The summed E-state index contributed by atoms with van der Waals surface area (Å²) in [4.78, 5) is 22.1. The molecule has 2 amide bonds. The van der Waals surface area contributed by atoms with E-state index >= 15 is 0 Å². The van der Waals surface area contributed by atoms with Gasteiger partial charge in [-0.25, -0.2) is 0 Å². The standard InChI is InChI=1S/C16H18N2O3/c1-11(19)18-10-16(21)17-7-6-12-2-3-14-9-15(20)5-4-13(14)8-12/h2-5,8-9,20H,6-7,10H2,1H3,(H,17,21)(H,18,19). The van der Waals surface area contributed by atoms with Crippen LogP contribution in [-0.2, 0) is 16.0 Å². The molecule has 0 aliphatic heterocycles. The maximum Gasteiger partial charge on any atom is 0.239 e. The molecule has 2 rings (SSSR count). The van der Waals surface area contributed by atoms with Gasteiger partial charge in [0.1, 0.15) is 5.75 Å². The number of hydrogen-bond acceptors (Lipinski definition) is 3. The molecule has 2 aromatic rings. The third-order valence-electron chi connectivity index (χ3n) is 3.12. The van der Waals surface area contributed by atoms with Crippen LogP contribution in [0.1, 0.15) is 12.5 Å². The number of carbonyl (C=O) groups is 2. The minimum Gasteiger partial charge on any atom is -0.508 e. The topological polar surface area (TPSA) is 78.4 Å². The Morgan fingerprint density at radius 1 is 1.05 bits per heavy atom. The molecule has 0 saturated carbocycles. The van der Waals surface area contributed by atoms with Gasteiger partial charge in [-0.3, -0.25) is 9.59 Å². The summed E-state index contributed by atoms with van der Waals surface area (Å²) in [5, 5.41) is 16.6. The van der Waals surface area contributed by atoms with Crippen LogP contribution in [0.5, 0.6) is 5.75 Å². The summed E-state index contributed by atoms with van der Waals surface area (Å²) < 4.78 is 0. The minimum absolute atomic E-state index is 0.00628. The molecule has 5 nitrogen and oxygen atoms in total. The third-order valence-corrected chi connectivity index (χ3v) is 3.12. The highest BCUT2D eigenvalue weighted by atomic mass is 16.3. The predicted molar refractivity (Wildman–Crippen MR) is 81.0 cm³/mol. The smallest absolute Gasteiger partial charge is 0.239 e. The Kier molecular flexibility index (Phi) is 4.77. The highest BCUT2D eigenvalue weighted by Crippen LogP contribution is 2.21. The largest absolute Gasteiger partial charge is 0.508 e. The predicted octanol–water partition coefficient (Wildman–Crippen LogP) is 1.34. The number of phenolic OH excluding ortho intramolecular Hbond substituents is 1. The van der Waals surface area contributed by atoms with E-state index in [2.05, 4.69) is 10.6 Å². The van der Waals surface area contributed by atoms with Crippen molar-refractivity contribution in [1.29, 1.82) is 0 Å². The molecule has 0 aromatic heterocycles. The van der Waals surface area contributed by atoms with Crippen molar-refractivity contribution in [2.45, 2.75) is 13.3 Å².